The summed E-state index contributed by atoms with van der Waals surface area (Å²) in [6.07, 6.45) is 0.479. The van der Waals surface area contributed by atoms with Gasteiger partial charge in [-0.3, -0.25) is 24.2 Å². The van der Waals surface area contributed by atoms with E-state index in [9.17, 15) is 19.2 Å². The van der Waals surface area contributed by atoms with E-state index in [1.54, 1.807) is 13.8 Å². The van der Waals surface area contributed by atoms with Crippen molar-refractivity contribution in [2.75, 3.05) is 12.3 Å². The number of nitrogens with two attached hydrogens (primary N) is 3. The molecule has 0 aromatic rings. The molecule has 0 heterocycles. The van der Waals surface area contributed by atoms with Crippen LogP contribution in [0.5, 0.6) is 0 Å². The van der Waals surface area contributed by atoms with E-state index in [0.717, 1.165) is 0 Å². The summed E-state index contributed by atoms with van der Waals surface area (Å²) in [6.45, 7) is 5.04. The number of aliphatic carboxylic acids is 1. The van der Waals surface area contributed by atoms with Gasteiger partial charge in [0, 0.05) is 12.3 Å². The van der Waals surface area contributed by atoms with Gasteiger partial charge in [-0.15, -0.1) is 0 Å². The molecule has 172 valence electrons. The Morgan fingerprint density at radius 2 is 1.50 bits per heavy atom. The largest absolute Gasteiger partial charge is 0.480 e. The van der Waals surface area contributed by atoms with Crippen LogP contribution in [0.3, 0.4) is 0 Å². The average Bonchev–Trinajstić information content (AvgIpc) is 2.66. The lowest BCUT2D eigenvalue weighted by molar-refractivity contribution is -0.141. The molecule has 0 saturated heterocycles. The Hall–Kier alpha value is -2.54. The second kappa shape index (κ2) is 13.6. The minimum atomic E-state index is -1.22. The van der Waals surface area contributed by atoms with Crippen LogP contribution in [0.4, 0.5) is 0 Å². The number of carbonyl (C=O) groups is 4. The maximum absolute atomic E-state index is 12.6. The summed E-state index contributed by atoms with van der Waals surface area (Å²) < 4.78 is 0. The SMILES string of the molecule is CC(NC(=O)C(CCCN=C(N)N)NC(=O)C(CS)NC(=O)C(N)C(C)C)C(=O)O. The van der Waals surface area contributed by atoms with E-state index in [4.69, 9.17) is 22.3 Å². The number of nitrogens with one attached hydrogen (secondary N) is 3. The van der Waals surface area contributed by atoms with Gasteiger partial charge in [-0.05, 0) is 25.7 Å². The molecular formula is C17H33N7O5S. The molecule has 0 saturated carbocycles. The van der Waals surface area contributed by atoms with Gasteiger partial charge in [-0.1, -0.05) is 13.8 Å². The second-order valence-corrected chi connectivity index (χ2v) is 7.46. The molecule has 0 rings (SSSR count). The molecule has 0 aliphatic rings. The van der Waals surface area contributed by atoms with Gasteiger partial charge in [0.2, 0.25) is 17.7 Å². The predicted octanol–water partition coefficient (Wildman–Crippen LogP) is -2.49. The highest BCUT2D eigenvalue weighted by molar-refractivity contribution is 7.80. The van der Waals surface area contributed by atoms with Crippen molar-refractivity contribution in [3.8, 4) is 0 Å². The molecule has 0 aromatic heterocycles. The zero-order valence-electron chi connectivity index (χ0n) is 17.4. The van der Waals surface area contributed by atoms with Crippen molar-refractivity contribution >= 4 is 42.3 Å². The summed E-state index contributed by atoms with van der Waals surface area (Å²) in [6, 6.07) is -4.06. The van der Waals surface area contributed by atoms with Crippen molar-refractivity contribution < 1.29 is 24.3 Å². The Bertz CT molecular complexity index is 640. The summed E-state index contributed by atoms with van der Waals surface area (Å²) in [5.41, 5.74) is 16.3. The average molecular weight is 448 g/mol. The third-order valence-electron chi connectivity index (χ3n) is 4.14. The number of carboxylic acid groups (broad SMARTS) is 1. The van der Waals surface area contributed by atoms with Crippen molar-refractivity contribution in [3.05, 3.63) is 0 Å². The topological polar surface area (TPSA) is 215 Å². The van der Waals surface area contributed by atoms with Crippen molar-refractivity contribution in [2.24, 2.45) is 28.1 Å². The zero-order valence-corrected chi connectivity index (χ0v) is 18.3. The smallest absolute Gasteiger partial charge is 0.325 e. The van der Waals surface area contributed by atoms with Crippen LogP contribution in [0.25, 0.3) is 0 Å². The van der Waals surface area contributed by atoms with E-state index in [1.807, 2.05) is 0 Å². The van der Waals surface area contributed by atoms with Gasteiger partial charge < -0.3 is 38.3 Å². The van der Waals surface area contributed by atoms with Crippen molar-refractivity contribution in [1.82, 2.24) is 16.0 Å². The van der Waals surface area contributed by atoms with Crippen LogP contribution in [0.2, 0.25) is 0 Å². The van der Waals surface area contributed by atoms with Crippen LogP contribution >= 0.6 is 12.6 Å². The molecule has 30 heavy (non-hydrogen) atoms. The fourth-order valence-corrected chi connectivity index (χ4v) is 2.44. The zero-order chi connectivity index (χ0) is 23.4. The van der Waals surface area contributed by atoms with E-state index < -0.39 is 47.9 Å². The van der Waals surface area contributed by atoms with Crippen molar-refractivity contribution in [2.45, 2.75) is 57.8 Å². The molecule has 10 N–H and O–H groups in total. The Labute approximate surface area is 181 Å². The van der Waals surface area contributed by atoms with E-state index in [1.165, 1.54) is 6.92 Å². The van der Waals surface area contributed by atoms with Crippen molar-refractivity contribution in [3.63, 3.8) is 0 Å². The summed E-state index contributed by atoms with van der Waals surface area (Å²) in [5, 5.41) is 16.3. The third kappa shape index (κ3) is 10.3. The Morgan fingerprint density at radius 3 is 1.97 bits per heavy atom. The summed E-state index contributed by atoms with van der Waals surface area (Å²) in [4.78, 5) is 52.0. The first-order valence-corrected chi connectivity index (χ1v) is 10.1. The fraction of sp³-hybridized carbons (Fsp3) is 0.706. The van der Waals surface area contributed by atoms with E-state index in [-0.39, 0.29) is 30.6 Å². The van der Waals surface area contributed by atoms with E-state index in [2.05, 4.69) is 33.6 Å². The number of carbonyl (C=O) groups excluding carboxylic acids is 3. The molecular weight excluding hydrogens is 414 g/mol. The number of rotatable bonds is 13. The van der Waals surface area contributed by atoms with Crippen LogP contribution in [0.1, 0.15) is 33.6 Å². The molecule has 0 aliphatic carbocycles. The number of amides is 3. The molecule has 0 radical (unpaired) electrons. The number of hydrogen-bond acceptors (Lipinski definition) is 7. The number of nitrogens with zero attached hydrogens (tertiary/aromatic N) is 1. The third-order valence-corrected chi connectivity index (χ3v) is 4.51. The fourth-order valence-electron chi connectivity index (χ4n) is 2.19. The minimum absolute atomic E-state index is 0.0315. The number of hydrogen-bond donors (Lipinski definition) is 8. The van der Waals surface area contributed by atoms with Gasteiger partial charge in [0.25, 0.3) is 0 Å². The second-order valence-electron chi connectivity index (χ2n) is 7.09. The molecule has 0 bridgehead atoms. The minimum Gasteiger partial charge on any atom is -0.480 e. The Balaban J connectivity index is 5.20. The number of aliphatic imine (C=N–C) groups is 1. The van der Waals surface area contributed by atoms with Crippen LogP contribution < -0.4 is 33.2 Å². The summed E-state index contributed by atoms with van der Waals surface area (Å²) in [5.74, 6) is -3.37. The monoisotopic (exact) mass is 447 g/mol. The Morgan fingerprint density at radius 1 is 0.967 bits per heavy atom. The van der Waals surface area contributed by atoms with E-state index in [0.29, 0.717) is 6.42 Å². The maximum atomic E-state index is 12.6. The van der Waals surface area contributed by atoms with E-state index >= 15 is 0 Å². The standard InChI is InChI=1S/C17H33N7O5S/c1-8(2)12(18)15(27)24-11(7-30)14(26)23-10(5-4-6-21-17(19)20)13(25)22-9(3)16(28)29/h8-12,30H,4-7,18H2,1-3H3,(H,22,25)(H,23,26)(H,24,27)(H,28,29)(H4,19,20,21). The Kier molecular flexibility index (Phi) is 12.5. The van der Waals surface area contributed by atoms with Crippen LogP contribution in [-0.2, 0) is 19.2 Å². The predicted molar refractivity (Wildman–Crippen MR) is 116 cm³/mol. The lowest BCUT2D eigenvalue weighted by Crippen LogP contribution is -2.57. The summed E-state index contributed by atoms with van der Waals surface area (Å²) in [7, 11) is 0. The summed E-state index contributed by atoms with van der Waals surface area (Å²) >= 11 is 4.07. The number of guanidine groups is 1. The van der Waals surface area contributed by atoms with Gasteiger partial charge >= 0.3 is 5.97 Å². The molecule has 4 atom stereocenters. The van der Waals surface area contributed by atoms with Crippen LogP contribution in [-0.4, -0.2) is 71.2 Å². The molecule has 0 aliphatic heterocycles. The first-order valence-electron chi connectivity index (χ1n) is 9.46. The van der Waals surface area contributed by atoms with Crippen molar-refractivity contribution in [1.29, 1.82) is 0 Å². The number of thiol groups is 1. The van der Waals surface area contributed by atoms with Gasteiger partial charge in [0.15, 0.2) is 5.96 Å². The lowest BCUT2D eigenvalue weighted by atomic mass is 10.0. The van der Waals surface area contributed by atoms with Crippen LogP contribution in [0, 0.1) is 5.92 Å². The van der Waals surface area contributed by atoms with Gasteiger partial charge in [-0.2, -0.15) is 12.6 Å². The molecule has 0 aromatic carbocycles. The quantitative estimate of drug-likeness (QED) is 0.0652. The van der Waals surface area contributed by atoms with Crippen LogP contribution in [0.15, 0.2) is 4.99 Å². The first kappa shape index (κ1) is 27.5. The highest BCUT2D eigenvalue weighted by Gasteiger charge is 2.29. The molecule has 4 unspecified atom stereocenters. The molecule has 3 amide bonds. The molecule has 12 nitrogen and oxygen atoms in total. The highest BCUT2D eigenvalue weighted by atomic mass is 32.1. The molecule has 0 fully saturated rings. The number of carboxylic acids is 1. The van der Waals surface area contributed by atoms with Gasteiger partial charge in [0.1, 0.15) is 18.1 Å². The maximum Gasteiger partial charge on any atom is 0.325 e. The first-order chi connectivity index (χ1) is 13.9. The van der Waals surface area contributed by atoms with Gasteiger partial charge in [-0.25, -0.2) is 0 Å². The normalized spacial score (nSPS) is 14.7. The lowest BCUT2D eigenvalue weighted by Gasteiger charge is -2.24. The molecule has 0 spiro atoms. The highest BCUT2D eigenvalue weighted by Crippen LogP contribution is 2.03. The van der Waals surface area contributed by atoms with Gasteiger partial charge in [0.05, 0.1) is 6.04 Å². The molecule has 13 heteroatoms.